The number of ether oxygens (including phenoxy) is 1. The molecule has 2 rings (SSSR count). The van der Waals surface area contributed by atoms with Crippen LogP contribution in [0.2, 0.25) is 0 Å². The number of nitrogens with zero attached hydrogens (tertiary/aromatic N) is 2. The highest BCUT2D eigenvalue weighted by atomic mass is 79.9. The molecule has 1 heterocycles. The molecule has 0 saturated carbocycles. The summed E-state index contributed by atoms with van der Waals surface area (Å²) in [6, 6.07) is 7.82. The summed E-state index contributed by atoms with van der Waals surface area (Å²) in [5, 5.41) is 7.55. The first-order valence-corrected chi connectivity index (χ1v) is 9.53. The summed E-state index contributed by atoms with van der Waals surface area (Å²) < 4.78 is 6.72. The number of aliphatic imine (C=N–C) groups is 1. The van der Waals surface area contributed by atoms with Crippen LogP contribution in [-0.4, -0.2) is 30.6 Å². The van der Waals surface area contributed by atoms with Crippen LogP contribution in [0.25, 0.3) is 0 Å². The first kappa shape index (κ1) is 18.7. The number of halogens is 1. The number of hydrogen-bond donors (Lipinski definition) is 2. The molecule has 0 amide bonds. The van der Waals surface area contributed by atoms with Gasteiger partial charge in [-0.25, -0.2) is 9.98 Å². The van der Waals surface area contributed by atoms with E-state index in [4.69, 9.17) is 4.74 Å². The van der Waals surface area contributed by atoms with E-state index >= 15 is 0 Å². The van der Waals surface area contributed by atoms with Crippen molar-refractivity contribution in [3.05, 3.63) is 44.3 Å². The minimum Gasteiger partial charge on any atom is -0.492 e. The van der Waals surface area contributed by atoms with Gasteiger partial charge in [0, 0.05) is 15.9 Å². The van der Waals surface area contributed by atoms with Gasteiger partial charge in [0.2, 0.25) is 0 Å². The van der Waals surface area contributed by atoms with Crippen molar-refractivity contribution in [2.24, 2.45) is 4.99 Å². The van der Waals surface area contributed by atoms with E-state index < -0.39 is 0 Å². The third kappa shape index (κ3) is 6.13. The van der Waals surface area contributed by atoms with Gasteiger partial charge in [-0.2, -0.15) is 0 Å². The van der Waals surface area contributed by atoms with Gasteiger partial charge < -0.3 is 15.4 Å². The molecule has 0 atom stereocenters. The Balaban J connectivity index is 1.80. The standard InChI is InChI=1S/C17H23BrN4OS/c1-4-19-17(21-11-16-22-12(2)13(3)24-16)20-8-9-23-15-7-5-6-14(18)10-15/h5-7,10H,4,8-9,11H2,1-3H3,(H2,19,20,21). The van der Waals surface area contributed by atoms with Crippen molar-refractivity contribution in [2.75, 3.05) is 19.7 Å². The lowest BCUT2D eigenvalue weighted by molar-refractivity contribution is 0.321. The van der Waals surface area contributed by atoms with Gasteiger partial charge in [0.15, 0.2) is 5.96 Å². The topological polar surface area (TPSA) is 58.5 Å². The van der Waals surface area contributed by atoms with Crippen molar-refractivity contribution < 1.29 is 4.74 Å². The molecule has 2 aromatic rings. The molecule has 1 aromatic heterocycles. The third-order valence-corrected chi connectivity index (χ3v) is 4.80. The van der Waals surface area contributed by atoms with Crippen LogP contribution in [0.4, 0.5) is 0 Å². The fraction of sp³-hybridized carbons (Fsp3) is 0.412. The summed E-state index contributed by atoms with van der Waals surface area (Å²) >= 11 is 5.13. The van der Waals surface area contributed by atoms with Crippen LogP contribution in [0.3, 0.4) is 0 Å². The summed E-state index contributed by atoms with van der Waals surface area (Å²) in [7, 11) is 0. The quantitative estimate of drug-likeness (QED) is 0.415. The van der Waals surface area contributed by atoms with Crippen molar-refractivity contribution in [3.8, 4) is 5.75 Å². The monoisotopic (exact) mass is 410 g/mol. The zero-order chi connectivity index (χ0) is 17.4. The second-order valence-electron chi connectivity index (χ2n) is 5.18. The van der Waals surface area contributed by atoms with Gasteiger partial charge in [0.25, 0.3) is 0 Å². The second kappa shape index (κ2) is 9.64. The first-order chi connectivity index (χ1) is 11.6. The zero-order valence-corrected chi connectivity index (χ0v) is 16.6. The fourth-order valence-electron chi connectivity index (χ4n) is 1.99. The maximum atomic E-state index is 5.71. The molecule has 7 heteroatoms. The molecule has 0 aliphatic heterocycles. The fourth-order valence-corrected chi connectivity index (χ4v) is 3.23. The van der Waals surface area contributed by atoms with E-state index in [1.165, 1.54) is 4.88 Å². The Labute approximate surface area is 155 Å². The van der Waals surface area contributed by atoms with Gasteiger partial charge >= 0.3 is 0 Å². The Morgan fingerprint density at radius 3 is 2.83 bits per heavy atom. The lowest BCUT2D eigenvalue weighted by Gasteiger charge is -2.12. The smallest absolute Gasteiger partial charge is 0.191 e. The second-order valence-corrected chi connectivity index (χ2v) is 7.38. The Morgan fingerprint density at radius 2 is 2.17 bits per heavy atom. The molecular formula is C17H23BrN4OS. The summed E-state index contributed by atoms with van der Waals surface area (Å²) in [5.74, 6) is 1.63. The predicted molar refractivity (Wildman–Crippen MR) is 104 cm³/mol. The van der Waals surface area contributed by atoms with Crippen LogP contribution in [0.1, 0.15) is 22.5 Å². The largest absolute Gasteiger partial charge is 0.492 e. The van der Waals surface area contributed by atoms with Crippen LogP contribution in [0.5, 0.6) is 5.75 Å². The van der Waals surface area contributed by atoms with Crippen molar-refractivity contribution in [3.63, 3.8) is 0 Å². The molecule has 2 N–H and O–H groups in total. The van der Waals surface area contributed by atoms with Crippen molar-refractivity contribution in [2.45, 2.75) is 27.3 Å². The lowest BCUT2D eigenvalue weighted by atomic mass is 10.3. The highest BCUT2D eigenvalue weighted by Crippen LogP contribution is 2.18. The van der Waals surface area contributed by atoms with Crippen molar-refractivity contribution in [1.29, 1.82) is 0 Å². The molecule has 130 valence electrons. The van der Waals surface area contributed by atoms with E-state index in [-0.39, 0.29) is 0 Å². The minimum absolute atomic E-state index is 0.566. The average Bonchev–Trinajstić information content (AvgIpc) is 2.87. The zero-order valence-electron chi connectivity index (χ0n) is 14.2. The van der Waals surface area contributed by atoms with Gasteiger partial charge in [0.1, 0.15) is 17.4 Å². The van der Waals surface area contributed by atoms with Gasteiger partial charge in [0.05, 0.1) is 18.8 Å². The summed E-state index contributed by atoms with van der Waals surface area (Å²) in [4.78, 5) is 10.3. The van der Waals surface area contributed by atoms with E-state index in [9.17, 15) is 0 Å². The van der Waals surface area contributed by atoms with Crippen LogP contribution < -0.4 is 15.4 Å². The molecule has 0 aliphatic rings. The van der Waals surface area contributed by atoms with Crippen LogP contribution in [-0.2, 0) is 6.54 Å². The van der Waals surface area contributed by atoms with E-state index in [0.717, 1.165) is 33.4 Å². The number of rotatable bonds is 7. The predicted octanol–water partition coefficient (Wildman–Crippen LogP) is 3.66. The molecule has 0 unspecified atom stereocenters. The van der Waals surface area contributed by atoms with Crippen LogP contribution >= 0.6 is 27.3 Å². The molecule has 0 spiro atoms. The third-order valence-electron chi connectivity index (χ3n) is 3.25. The molecule has 0 bridgehead atoms. The van der Waals surface area contributed by atoms with Gasteiger partial charge in [-0.3, -0.25) is 0 Å². The summed E-state index contributed by atoms with van der Waals surface area (Å²) in [5.41, 5.74) is 1.09. The average molecular weight is 411 g/mol. The number of thiazole rings is 1. The summed E-state index contributed by atoms with van der Waals surface area (Å²) in [6.07, 6.45) is 0. The molecule has 1 aromatic carbocycles. The molecule has 24 heavy (non-hydrogen) atoms. The van der Waals surface area contributed by atoms with Gasteiger partial charge in [-0.1, -0.05) is 22.0 Å². The Kier molecular flexibility index (Phi) is 7.52. The number of hydrogen-bond acceptors (Lipinski definition) is 4. The molecule has 0 aliphatic carbocycles. The number of aromatic nitrogens is 1. The van der Waals surface area contributed by atoms with Crippen LogP contribution in [0, 0.1) is 13.8 Å². The maximum Gasteiger partial charge on any atom is 0.191 e. The van der Waals surface area contributed by atoms with Crippen molar-refractivity contribution in [1.82, 2.24) is 15.6 Å². The minimum atomic E-state index is 0.566. The number of nitrogens with one attached hydrogen (secondary N) is 2. The lowest BCUT2D eigenvalue weighted by Crippen LogP contribution is -2.39. The van der Waals surface area contributed by atoms with Crippen LogP contribution in [0.15, 0.2) is 33.7 Å². The Hall–Kier alpha value is -1.60. The van der Waals surface area contributed by atoms with E-state index in [1.807, 2.05) is 38.1 Å². The highest BCUT2D eigenvalue weighted by molar-refractivity contribution is 9.10. The molecule has 5 nitrogen and oxygen atoms in total. The van der Waals surface area contributed by atoms with Gasteiger partial charge in [-0.15, -0.1) is 11.3 Å². The number of benzene rings is 1. The van der Waals surface area contributed by atoms with E-state index in [0.29, 0.717) is 19.7 Å². The number of guanidine groups is 1. The number of aryl methyl sites for hydroxylation is 2. The van der Waals surface area contributed by atoms with Crippen molar-refractivity contribution >= 4 is 33.2 Å². The Bertz CT molecular complexity index is 667. The normalized spacial score (nSPS) is 11.4. The van der Waals surface area contributed by atoms with E-state index in [1.54, 1.807) is 11.3 Å². The SMILES string of the molecule is CCNC(=NCc1nc(C)c(C)s1)NCCOc1cccc(Br)c1. The first-order valence-electron chi connectivity index (χ1n) is 7.92. The Morgan fingerprint density at radius 1 is 1.33 bits per heavy atom. The molecular weight excluding hydrogens is 388 g/mol. The highest BCUT2D eigenvalue weighted by Gasteiger charge is 2.04. The summed E-state index contributed by atoms with van der Waals surface area (Å²) in [6.45, 7) is 8.80. The molecule has 0 saturated heterocycles. The molecule has 0 fully saturated rings. The molecule has 0 radical (unpaired) electrons. The van der Waals surface area contributed by atoms with E-state index in [2.05, 4.69) is 43.5 Å². The maximum absolute atomic E-state index is 5.71. The van der Waals surface area contributed by atoms with Gasteiger partial charge in [-0.05, 0) is 39.0 Å².